The topological polar surface area (TPSA) is 67.2 Å². The van der Waals surface area contributed by atoms with Gasteiger partial charge in [-0.05, 0) is 12.1 Å². The van der Waals surface area contributed by atoms with Crippen LogP contribution in [0.2, 0.25) is 0 Å². The molecule has 0 spiro atoms. The minimum absolute atomic E-state index is 0.144. The summed E-state index contributed by atoms with van der Waals surface area (Å²) in [6.07, 6.45) is -1.10. The van der Waals surface area contributed by atoms with Crippen LogP contribution in [-0.4, -0.2) is 21.0 Å². The number of nitrogens with zero attached hydrogens (tertiary/aromatic N) is 2. The molecule has 0 fully saturated rings. The van der Waals surface area contributed by atoms with Crippen LogP contribution in [0.25, 0.3) is 5.69 Å². The van der Waals surface area contributed by atoms with E-state index in [1.807, 2.05) is 51.1 Å². The summed E-state index contributed by atoms with van der Waals surface area (Å²) in [5, 5.41) is 15.8. The van der Waals surface area contributed by atoms with Gasteiger partial charge in [-0.25, -0.2) is 9.48 Å². The molecule has 2 rings (SSSR count). The monoisotopic (exact) mass is 259 g/mol. The number of carbonyl (C=O) groups is 1. The van der Waals surface area contributed by atoms with E-state index in [0.717, 1.165) is 11.4 Å². The van der Waals surface area contributed by atoms with Gasteiger partial charge in [-0.15, -0.1) is 0 Å². The number of aromatic nitrogens is 2. The lowest BCUT2D eigenvalue weighted by atomic mass is 9.92. The minimum atomic E-state index is -1.10. The summed E-state index contributed by atoms with van der Waals surface area (Å²) in [5.74, 6) is 0.448. The van der Waals surface area contributed by atoms with Crippen LogP contribution in [0.15, 0.2) is 36.4 Å². The zero-order valence-corrected chi connectivity index (χ0v) is 11.2. The van der Waals surface area contributed by atoms with Gasteiger partial charge in [-0.3, -0.25) is 5.32 Å². The zero-order valence-electron chi connectivity index (χ0n) is 11.2. The van der Waals surface area contributed by atoms with Crippen molar-refractivity contribution >= 4 is 11.9 Å². The summed E-state index contributed by atoms with van der Waals surface area (Å²) in [4.78, 5) is 10.9. The van der Waals surface area contributed by atoms with Crippen molar-refractivity contribution in [2.45, 2.75) is 26.2 Å². The molecule has 1 heterocycles. The van der Waals surface area contributed by atoms with Gasteiger partial charge in [-0.1, -0.05) is 39.0 Å². The molecular weight excluding hydrogens is 242 g/mol. The van der Waals surface area contributed by atoms with Crippen molar-refractivity contribution in [1.29, 1.82) is 0 Å². The van der Waals surface area contributed by atoms with Crippen molar-refractivity contribution in [3.8, 4) is 5.69 Å². The molecule has 1 amide bonds. The van der Waals surface area contributed by atoms with Crippen LogP contribution in [0, 0.1) is 0 Å². The number of rotatable bonds is 2. The lowest BCUT2D eigenvalue weighted by molar-refractivity contribution is 0.209. The molecule has 0 saturated heterocycles. The summed E-state index contributed by atoms with van der Waals surface area (Å²) in [6.45, 7) is 6.11. The Bertz CT molecular complexity index is 582. The van der Waals surface area contributed by atoms with E-state index < -0.39 is 6.09 Å². The van der Waals surface area contributed by atoms with Crippen molar-refractivity contribution in [3.05, 3.63) is 42.1 Å². The van der Waals surface area contributed by atoms with Crippen molar-refractivity contribution in [1.82, 2.24) is 9.78 Å². The molecule has 5 nitrogen and oxygen atoms in total. The molecule has 0 saturated carbocycles. The highest BCUT2D eigenvalue weighted by Gasteiger charge is 2.21. The maximum Gasteiger partial charge on any atom is 0.410 e. The molecule has 0 bridgehead atoms. The van der Waals surface area contributed by atoms with Crippen LogP contribution in [0.1, 0.15) is 26.5 Å². The number of nitrogens with one attached hydrogen (secondary N) is 1. The second-order valence-electron chi connectivity index (χ2n) is 5.34. The highest BCUT2D eigenvalue weighted by molar-refractivity contribution is 5.82. The maximum absolute atomic E-state index is 10.9. The first-order chi connectivity index (χ1) is 8.88. The van der Waals surface area contributed by atoms with E-state index in [4.69, 9.17) is 5.11 Å². The molecule has 0 radical (unpaired) electrons. The van der Waals surface area contributed by atoms with Gasteiger partial charge in [0, 0.05) is 11.5 Å². The van der Waals surface area contributed by atoms with Crippen LogP contribution in [0.3, 0.4) is 0 Å². The summed E-state index contributed by atoms with van der Waals surface area (Å²) < 4.78 is 1.61. The van der Waals surface area contributed by atoms with Crippen molar-refractivity contribution in [2.75, 3.05) is 5.32 Å². The summed E-state index contributed by atoms with van der Waals surface area (Å²) in [5.41, 5.74) is 1.51. The first-order valence-electron chi connectivity index (χ1n) is 6.04. The van der Waals surface area contributed by atoms with Crippen LogP contribution < -0.4 is 5.32 Å². The Balaban J connectivity index is 2.52. The minimum Gasteiger partial charge on any atom is -0.465 e. The van der Waals surface area contributed by atoms with Gasteiger partial charge < -0.3 is 5.11 Å². The second kappa shape index (κ2) is 4.76. The van der Waals surface area contributed by atoms with Gasteiger partial charge in [0.15, 0.2) is 0 Å². The number of amides is 1. The predicted octanol–water partition coefficient (Wildman–Crippen LogP) is 3.26. The Labute approximate surface area is 111 Å². The molecule has 5 heteroatoms. The molecule has 0 aliphatic carbocycles. The predicted molar refractivity (Wildman–Crippen MR) is 73.9 cm³/mol. The molecule has 19 heavy (non-hydrogen) atoms. The van der Waals surface area contributed by atoms with E-state index >= 15 is 0 Å². The molecule has 0 unspecified atom stereocenters. The van der Waals surface area contributed by atoms with Gasteiger partial charge in [0.1, 0.15) is 5.82 Å². The Kier molecular flexibility index (Phi) is 3.29. The highest BCUT2D eigenvalue weighted by Crippen LogP contribution is 2.26. The molecule has 100 valence electrons. The van der Waals surface area contributed by atoms with Crippen molar-refractivity contribution in [2.24, 2.45) is 0 Å². The maximum atomic E-state index is 10.9. The SMILES string of the molecule is CC(C)(C)c1cc(NC(=O)O)n(-c2ccccc2)n1. The van der Waals surface area contributed by atoms with Crippen LogP contribution >= 0.6 is 0 Å². The first kappa shape index (κ1) is 13.1. The molecule has 1 aromatic heterocycles. The van der Waals surface area contributed by atoms with Gasteiger partial charge in [-0.2, -0.15) is 5.10 Å². The lowest BCUT2D eigenvalue weighted by Crippen LogP contribution is -2.13. The Morgan fingerprint density at radius 1 is 1.26 bits per heavy atom. The Hall–Kier alpha value is -2.30. The van der Waals surface area contributed by atoms with E-state index in [9.17, 15) is 4.79 Å². The number of hydrogen-bond donors (Lipinski definition) is 2. The molecule has 2 aromatic rings. The van der Waals surface area contributed by atoms with Gasteiger partial charge in [0.2, 0.25) is 0 Å². The molecule has 2 N–H and O–H groups in total. The van der Waals surface area contributed by atoms with E-state index in [1.54, 1.807) is 10.7 Å². The largest absolute Gasteiger partial charge is 0.465 e. The van der Waals surface area contributed by atoms with Crippen molar-refractivity contribution < 1.29 is 9.90 Å². The van der Waals surface area contributed by atoms with E-state index in [1.165, 1.54) is 0 Å². The van der Waals surface area contributed by atoms with Crippen molar-refractivity contribution in [3.63, 3.8) is 0 Å². The quantitative estimate of drug-likeness (QED) is 0.869. The molecular formula is C14H17N3O2. The number of anilines is 1. The smallest absolute Gasteiger partial charge is 0.410 e. The third-order valence-corrected chi connectivity index (χ3v) is 2.71. The molecule has 0 aliphatic rings. The standard InChI is InChI=1S/C14H17N3O2/c1-14(2,3)11-9-12(15-13(18)19)17(16-11)10-7-5-4-6-8-10/h4-9,15H,1-3H3,(H,18,19). The summed E-state index contributed by atoms with van der Waals surface area (Å²) in [7, 11) is 0. The number of para-hydroxylation sites is 1. The normalized spacial score (nSPS) is 11.3. The van der Waals surface area contributed by atoms with Crippen LogP contribution in [-0.2, 0) is 5.41 Å². The average Bonchev–Trinajstić information content (AvgIpc) is 2.73. The van der Waals surface area contributed by atoms with Gasteiger partial charge in [0.25, 0.3) is 0 Å². The molecule has 0 aliphatic heterocycles. The van der Waals surface area contributed by atoms with Gasteiger partial charge >= 0.3 is 6.09 Å². The third kappa shape index (κ3) is 2.93. The van der Waals surface area contributed by atoms with Gasteiger partial charge in [0.05, 0.1) is 11.4 Å². The third-order valence-electron chi connectivity index (χ3n) is 2.71. The molecule has 1 aromatic carbocycles. The summed E-state index contributed by atoms with van der Waals surface area (Å²) in [6, 6.07) is 11.2. The fourth-order valence-electron chi connectivity index (χ4n) is 1.71. The average molecular weight is 259 g/mol. The highest BCUT2D eigenvalue weighted by atomic mass is 16.4. The number of benzene rings is 1. The first-order valence-corrected chi connectivity index (χ1v) is 6.04. The van der Waals surface area contributed by atoms with Crippen LogP contribution in [0.5, 0.6) is 0 Å². The Morgan fingerprint density at radius 2 is 1.89 bits per heavy atom. The number of carboxylic acid groups (broad SMARTS) is 1. The number of hydrogen-bond acceptors (Lipinski definition) is 2. The van der Waals surface area contributed by atoms with E-state index in [-0.39, 0.29) is 5.41 Å². The van der Waals surface area contributed by atoms with E-state index in [0.29, 0.717) is 5.82 Å². The summed E-state index contributed by atoms with van der Waals surface area (Å²) >= 11 is 0. The molecule has 0 atom stereocenters. The second-order valence-corrected chi connectivity index (χ2v) is 5.34. The zero-order chi connectivity index (χ0) is 14.0. The lowest BCUT2D eigenvalue weighted by Gasteiger charge is -2.14. The fraction of sp³-hybridized carbons (Fsp3) is 0.286. The van der Waals surface area contributed by atoms with Crippen LogP contribution in [0.4, 0.5) is 10.6 Å². The Morgan fingerprint density at radius 3 is 2.42 bits per heavy atom. The fourth-order valence-corrected chi connectivity index (χ4v) is 1.71. The van der Waals surface area contributed by atoms with E-state index in [2.05, 4.69) is 10.4 Å².